The maximum atomic E-state index is 5.59. The molecule has 0 aliphatic heterocycles. The molecule has 0 aliphatic rings. The summed E-state index contributed by atoms with van der Waals surface area (Å²) in [6.45, 7) is 2.93. The first-order valence-electron chi connectivity index (χ1n) is 6.21. The molecular weight excluding hydrogens is 242 g/mol. The molecule has 1 atom stereocenters. The van der Waals surface area contributed by atoms with E-state index in [9.17, 15) is 0 Å². The third-order valence-corrected chi connectivity index (χ3v) is 2.81. The van der Waals surface area contributed by atoms with Gasteiger partial charge in [0.2, 0.25) is 5.75 Å². The van der Waals surface area contributed by atoms with Crippen molar-refractivity contribution < 1.29 is 14.2 Å². The molecule has 1 rings (SSSR count). The molecule has 0 heterocycles. The van der Waals surface area contributed by atoms with Crippen LogP contribution in [0.3, 0.4) is 0 Å². The van der Waals surface area contributed by atoms with Gasteiger partial charge in [0.05, 0.1) is 27.4 Å². The van der Waals surface area contributed by atoms with Gasteiger partial charge in [-0.15, -0.1) is 6.42 Å². The number of nitrogens with one attached hydrogen (secondary N) is 1. The zero-order chi connectivity index (χ0) is 14.3. The van der Waals surface area contributed by atoms with Crippen LogP contribution in [0.2, 0.25) is 0 Å². The Morgan fingerprint density at radius 2 is 1.84 bits per heavy atom. The lowest BCUT2D eigenvalue weighted by atomic mass is 10.0. The van der Waals surface area contributed by atoms with E-state index in [1.165, 1.54) is 0 Å². The maximum absolute atomic E-state index is 5.59. The van der Waals surface area contributed by atoms with Crippen molar-refractivity contribution in [2.75, 3.05) is 27.9 Å². The third-order valence-electron chi connectivity index (χ3n) is 2.81. The number of benzene rings is 1. The molecule has 0 fully saturated rings. The third kappa shape index (κ3) is 3.33. The van der Waals surface area contributed by atoms with Crippen LogP contribution in [0.4, 0.5) is 0 Å². The highest BCUT2D eigenvalue weighted by molar-refractivity contribution is 5.57. The average molecular weight is 263 g/mol. The van der Waals surface area contributed by atoms with Crippen molar-refractivity contribution in [2.24, 2.45) is 0 Å². The van der Waals surface area contributed by atoms with E-state index >= 15 is 0 Å². The molecule has 0 aromatic heterocycles. The summed E-state index contributed by atoms with van der Waals surface area (Å²) >= 11 is 0. The molecule has 1 unspecified atom stereocenters. The second-order valence-electron chi connectivity index (χ2n) is 3.98. The van der Waals surface area contributed by atoms with Crippen LogP contribution in [0.1, 0.15) is 24.9 Å². The van der Waals surface area contributed by atoms with Crippen LogP contribution in [-0.4, -0.2) is 27.9 Å². The van der Waals surface area contributed by atoms with Gasteiger partial charge in [-0.2, -0.15) is 0 Å². The van der Waals surface area contributed by atoms with Gasteiger partial charge >= 0.3 is 0 Å². The van der Waals surface area contributed by atoms with Gasteiger partial charge in [-0.25, -0.2) is 0 Å². The van der Waals surface area contributed by atoms with Gasteiger partial charge < -0.3 is 14.2 Å². The Labute approximate surface area is 115 Å². The molecule has 0 radical (unpaired) electrons. The fourth-order valence-electron chi connectivity index (χ4n) is 1.90. The van der Waals surface area contributed by atoms with Crippen molar-refractivity contribution in [1.29, 1.82) is 0 Å². The lowest BCUT2D eigenvalue weighted by Gasteiger charge is -2.19. The van der Waals surface area contributed by atoms with E-state index in [2.05, 4.69) is 18.2 Å². The second-order valence-corrected chi connectivity index (χ2v) is 3.98. The van der Waals surface area contributed by atoms with E-state index in [0.29, 0.717) is 17.2 Å². The Bertz CT molecular complexity index is 451. The van der Waals surface area contributed by atoms with Crippen molar-refractivity contribution in [3.05, 3.63) is 17.7 Å². The Morgan fingerprint density at radius 1 is 1.16 bits per heavy atom. The minimum absolute atomic E-state index is 0.213. The largest absolute Gasteiger partial charge is 0.493 e. The SMILES string of the molecule is C#CC(NCCC)c1ccc(OC)c(OC)c1OC. The van der Waals surface area contributed by atoms with Crippen LogP contribution in [0.25, 0.3) is 0 Å². The standard InChI is InChI=1S/C15H21NO3/c1-6-10-16-12(7-2)11-8-9-13(17-3)15(19-5)14(11)18-4/h2,8-9,12,16H,6,10H2,1,3-5H3. The van der Waals surface area contributed by atoms with Gasteiger partial charge in [0.1, 0.15) is 0 Å². The van der Waals surface area contributed by atoms with Gasteiger partial charge in [0.15, 0.2) is 11.5 Å². The predicted octanol–water partition coefficient (Wildman–Crippen LogP) is 2.39. The summed E-state index contributed by atoms with van der Waals surface area (Å²) in [4.78, 5) is 0. The van der Waals surface area contributed by atoms with E-state index in [0.717, 1.165) is 18.5 Å². The van der Waals surface area contributed by atoms with Crippen LogP contribution in [0, 0.1) is 12.3 Å². The van der Waals surface area contributed by atoms with E-state index in [1.54, 1.807) is 21.3 Å². The number of hydrogen-bond donors (Lipinski definition) is 1. The fraction of sp³-hybridized carbons (Fsp3) is 0.467. The topological polar surface area (TPSA) is 39.7 Å². The van der Waals surface area contributed by atoms with Crippen LogP contribution in [-0.2, 0) is 0 Å². The summed E-state index contributed by atoms with van der Waals surface area (Å²) in [5.74, 6) is 4.51. The summed E-state index contributed by atoms with van der Waals surface area (Å²) < 4.78 is 16.0. The number of terminal acetylenes is 1. The van der Waals surface area contributed by atoms with Crippen molar-refractivity contribution in [3.8, 4) is 29.6 Å². The Kier molecular flexibility index (Phi) is 6.04. The molecule has 104 valence electrons. The maximum Gasteiger partial charge on any atom is 0.203 e. The lowest BCUT2D eigenvalue weighted by molar-refractivity contribution is 0.321. The van der Waals surface area contributed by atoms with Gasteiger partial charge in [-0.1, -0.05) is 12.8 Å². The molecule has 4 heteroatoms. The summed E-state index contributed by atoms with van der Waals surface area (Å²) in [5.41, 5.74) is 0.871. The molecule has 0 bridgehead atoms. The minimum atomic E-state index is -0.213. The summed E-state index contributed by atoms with van der Waals surface area (Å²) in [6, 6.07) is 3.51. The van der Waals surface area contributed by atoms with Crippen LogP contribution in [0.15, 0.2) is 12.1 Å². The van der Waals surface area contributed by atoms with Gasteiger partial charge in [0.25, 0.3) is 0 Å². The first-order chi connectivity index (χ1) is 9.23. The lowest BCUT2D eigenvalue weighted by Crippen LogP contribution is -2.21. The van der Waals surface area contributed by atoms with Gasteiger partial charge in [0, 0.05) is 5.56 Å². The Hall–Kier alpha value is -1.86. The van der Waals surface area contributed by atoms with Crippen LogP contribution >= 0.6 is 0 Å². The highest BCUT2D eigenvalue weighted by Crippen LogP contribution is 2.41. The first kappa shape index (κ1) is 15.2. The molecule has 0 amide bonds. The zero-order valence-corrected chi connectivity index (χ0v) is 11.9. The smallest absolute Gasteiger partial charge is 0.203 e. The van der Waals surface area contributed by atoms with Crippen LogP contribution in [0.5, 0.6) is 17.2 Å². The normalized spacial score (nSPS) is 11.5. The molecule has 0 spiro atoms. The molecule has 0 saturated carbocycles. The minimum Gasteiger partial charge on any atom is -0.493 e. The summed E-state index contributed by atoms with van der Waals surface area (Å²) in [6.07, 6.45) is 6.60. The molecule has 1 aromatic carbocycles. The van der Waals surface area contributed by atoms with E-state index in [4.69, 9.17) is 20.6 Å². The fourth-order valence-corrected chi connectivity index (χ4v) is 1.90. The van der Waals surface area contributed by atoms with Crippen molar-refractivity contribution in [3.63, 3.8) is 0 Å². The molecule has 1 aromatic rings. The van der Waals surface area contributed by atoms with Gasteiger partial charge in [-0.3, -0.25) is 5.32 Å². The highest BCUT2D eigenvalue weighted by atomic mass is 16.5. The Morgan fingerprint density at radius 3 is 2.32 bits per heavy atom. The van der Waals surface area contributed by atoms with E-state index in [-0.39, 0.29) is 6.04 Å². The number of rotatable bonds is 7. The molecular formula is C15H21NO3. The highest BCUT2D eigenvalue weighted by Gasteiger charge is 2.20. The van der Waals surface area contributed by atoms with Crippen LogP contribution < -0.4 is 19.5 Å². The zero-order valence-electron chi connectivity index (χ0n) is 11.9. The molecule has 1 N–H and O–H groups in total. The predicted molar refractivity (Wildman–Crippen MR) is 76.0 cm³/mol. The first-order valence-corrected chi connectivity index (χ1v) is 6.21. The van der Waals surface area contributed by atoms with Crippen molar-refractivity contribution in [2.45, 2.75) is 19.4 Å². The quantitative estimate of drug-likeness (QED) is 0.767. The number of hydrogen-bond acceptors (Lipinski definition) is 4. The van der Waals surface area contributed by atoms with E-state index in [1.807, 2.05) is 12.1 Å². The molecule has 19 heavy (non-hydrogen) atoms. The average Bonchev–Trinajstić information content (AvgIpc) is 2.46. The molecule has 0 aliphatic carbocycles. The van der Waals surface area contributed by atoms with Crippen molar-refractivity contribution in [1.82, 2.24) is 5.32 Å². The molecule has 0 saturated heterocycles. The Balaban J connectivity index is 3.23. The summed E-state index contributed by atoms with van der Waals surface area (Å²) in [7, 11) is 4.76. The number of methoxy groups -OCH3 is 3. The van der Waals surface area contributed by atoms with E-state index < -0.39 is 0 Å². The monoisotopic (exact) mass is 263 g/mol. The number of ether oxygens (including phenoxy) is 3. The second kappa shape index (κ2) is 7.55. The van der Waals surface area contributed by atoms with Gasteiger partial charge in [-0.05, 0) is 25.1 Å². The molecule has 4 nitrogen and oxygen atoms in total. The summed E-state index contributed by atoms with van der Waals surface area (Å²) in [5, 5.41) is 3.29. The van der Waals surface area contributed by atoms with Crippen molar-refractivity contribution >= 4 is 0 Å².